The first-order valence-electron chi connectivity index (χ1n) is 9.64. The molecule has 0 unspecified atom stereocenters. The molecule has 0 aliphatic carbocycles. The topological polar surface area (TPSA) is 71.1 Å². The first-order chi connectivity index (χ1) is 14.2. The Morgan fingerprint density at radius 1 is 1.27 bits per heavy atom. The zero-order chi connectivity index (χ0) is 21.9. The van der Waals surface area contributed by atoms with Crippen molar-refractivity contribution in [2.24, 2.45) is 0 Å². The molecule has 2 aliphatic rings. The van der Waals surface area contributed by atoms with Crippen LogP contribution in [0.5, 0.6) is 0 Å². The summed E-state index contributed by atoms with van der Waals surface area (Å²) in [4.78, 5) is 28.7. The fraction of sp³-hybridized carbons (Fsp3) is 0.500. The molecule has 1 saturated heterocycles. The van der Waals surface area contributed by atoms with Crippen molar-refractivity contribution in [3.63, 3.8) is 0 Å². The number of amides is 2. The third-order valence-corrected chi connectivity index (χ3v) is 5.13. The van der Waals surface area contributed by atoms with E-state index in [1.54, 1.807) is 6.92 Å². The Labute approximate surface area is 172 Å². The van der Waals surface area contributed by atoms with Gasteiger partial charge in [0.1, 0.15) is 0 Å². The Morgan fingerprint density at radius 3 is 2.57 bits per heavy atom. The van der Waals surface area contributed by atoms with Crippen LogP contribution in [-0.2, 0) is 20.4 Å². The number of morpholine rings is 1. The Morgan fingerprint density at radius 2 is 1.93 bits per heavy atom. The van der Waals surface area contributed by atoms with Gasteiger partial charge in [0.15, 0.2) is 0 Å². The van der Waals surface area contributed by atoms with Crippen LogP contribution in [0.3, 0.4) is 0 Å². The lowest BCUT2D eigenvalue weighted by atomic mass is 9.90. The van der Waals surface area contributed by atoms with Crippen LogP contribution >= 0.6 is 0 Å². The molecule has 3 rings (SSSR count). The summed E-state index contributed by atoms with van der Waals surface area (Å²) in [6, 6.07) is 3.05. The number of benzene rings is 1. The van der Waals surface area contributed by atoms with Gasteiger partial charge in [-0.15, -0.1) is 0 Å². The molecule has 0 bridgehead atoms. The predicted octanol–water partition coefficient (Wildman–Crippen LogP) is 2.55. The highest BCUT2D eigenvalue weighted by Crippen LogP contribution is 2.39. The summed E-state index contributed by atoms with van der Waals surface area (Å²) < 4.78 is 51.4. The van der Waals surface area contributed by atoms with Crippen molar-refractivity contribution in [3.8, 4) is 0 Å². The summed E-state index contributed by atoms with van der Waals surface area (Å²) >= 11 is 0. The van der Waals surface area contributed by atoms with Crippen molar-refractivity contribution in [2.45, 2.75) is 19.1 Å². The molecule has 2 aliphatic heterocycles. The summed E-state index contributed by atoms with van der Waals surface area (Å²) in [5.74, 6) is -0.755. The van der Waals surface area contributed by atoms with Gasteiger partial charge in [-0.2, -0.15) is 13.2 Å². The number of rotatable bonds is 5. The van der Waals surface area contributed by atoms with Crippen LogP contribution in [-0.4, -0.2) is 68.3 Å². The second-order valence-corrected chi connectivity index (χ2v) is 7.00. The van der Waals surface area contributed by atoms with Gasteiger partial charge in [0.25, 0.3) is 0 Å². The second kappa shape index (κ2) is 9.05. The van der Waals surface area contributed by atoms with Gasteiger partial charge in [0, 0.05) is 32.4 Å². The second-order valence-electron chi connectivity index (χ2n) is 7.00. The number of esters is 1. The summed E-state index contributed by atoms with van der Waals surface area (Å²) in [5, 5.41) is 2.54. The minimum Gasteiger partial charge on any atom is -0.463 e. The van der Waals surface area contributed by atoms with E-state index in [-0.39, 0.29) is 24.3 Å². The predicted molar refractivity (Wildman–Crippen MR) is 101 cm³/mol. The molecule has 0 saturated carbocycles. The summed E-state index contributed by atoms with van der Waals surface area (Å²) in [5.41, 5.74) is -0.787. The summed E-state index contributed by atoms with van der Waals surface area (Å²) in [6.45, 7) is 4.04. The number of likely N-dealkylation sites (N-methyl/N-ethyl adjacent to an activating group) is 1. The normalized spacial score (nSPS) is 20.9. The van der Waals surface area contributed by atoms with Crippen molar-refractivity contribution in [1.82, 2.24) is 15.1 Å². The maximum Gasteiger partial charge on any atom is 0.416 e. The maximum atomic E-state index is 13.6. The smallest absolute Gasteiger partial charge is 0.416 e. The average molecular weight is 427 g/mol. The molecule has 30 heavy (non-hydrogen) atoms. The maximum absolute atomic E-state index is 13.6. The van der Waals surface area contributed by atoms with E-state index in [4.69, 9.17) is 9.47 Å². The summed E-state index contributed by atoms with van der Waals surface area (Å²) in [7, 11) is 1.48. The molecule has 2 amide bonds. The number of hydrogen-bond donors (Lipinski definition) is 1. The van der Waals surface area contributed by atoms with E-state index < -0.39 is 29.8 Å². The Bertz CT molecular complexity index is 835. The number of carbonyl (C=O) groups excluding carboxylic acids is 2. The van der Waals surface area contributed by atoms with Crippen LogP contribution in [0.2, 0.25) is 0 Å². The molecule has 1 aromatic carbocycles. The molecule has 2 heterocycles. The quantitative estimate of drug-likeness (QED) is 0.732. The van der Waals surface area contributed by atoms with Crippen LogP contribution in [0.15, 0.2) is 35.5 Å². The molecule has 10 heteroatoms. The lowest BCUT2D eigenvalue weighted by Crippen LogP contribution is -2.50. The zero-order valence-corrected chi connectivity index (χ0v) is 16.8. The van der Waals surface area contributed by atoms with Gasteiger partial charge in [-0.05, 0) is 18.6 Å². The SMILES string of the molecule is CCOC(=O)C1=C(CN2CCOCC2)N(C)C(=O)N[C@@H]1c1ccccc1C(F)(F)F. The van der Waals surface area contributed by atoms with E-state index in [9.17, 15) is 22.8 Å². The van der Waals surface area contributed by atoms with E-state index in [0.717, 1.165) is 6.07 Å². The van der Waals surface area contributed by atoms with Gasteiger partial charge in [-0.3, -0.25) is 9.80 Å². The minimum absolute atomic E-state index is 0.00198. The average Bonchev–Trinajstić information content (AvgIpc) is 2.71. The first kappa shape index (κ1) is 22.1. The van der Waals surface area contributed by atoms with E-state index in [0.29, 0.717) is 32.0 Å². The van der Waals surface area contributed by atoms with Gasteiger partial charge in [-0.25, -0.2) is 9.59 Å². The molecular formula is C20H24F3N3O4. The van der Waals surface area contributed by atoms with Gasteiger partial charge >= 0.3 is 18.2 Å². The highest BCUT2D eigenvalue weighted by molar-refractivity contribution is 5.95. The number of nitrogens with one attached hydrogen (secondary N) is 1. The van der Waals surface area contributed by atoms with Crippen molar-refractivity contribution < 1.29 is 32.2 Å². The van der Waals surface area contributed by atoms with Crippen molar-refractivity contribution in [1.29, 1.82) is 0 Å². The minimum atomic E-state index is -4.64. The molecule has 1 fully saturated rings. The number of ether oxygens (including phenoxy) is 2. The molecular weight excluding hydrogens is 403 g/mol. The zero-order valence-electron chi connectivity index (χ0n) is 16.8. The number of urea groups is 1. The molecule has 1 N–H and O–H groups in total. The van der Waals surface area contributed by atoms with Crippen LogP contribution in [0.1, 0.15) is 24.1 Å². The van der Waals surface area contributed by atoms with Gasteiger partial charge < -0.3 is 14.8 Å². The van der Waals surface area contributed by atoms with Crippen LogP contribution in [0, 0.1) is 0 Å². The fourth-order valence-electron chi connectivity index (χ4n) is 3.61. The fourth-order valence-corrected chi connectivity index (χ4v) is 3.61. The molecule has 0 aromatic heterocycles. The van der Waals surface area contributed by atoms with E-state index in [1.165, 1.54) is 30.1 Å². The first-order valence-corrected chi connectivity index (χ1v) is 9.64. The standard InChI is InChI=1S/C20H24F3N3O4/c1-3-30-18(27)16-15(12-26-8-10-29-11-9-26)25(2)19(28)24-17(16)13-6-4-5-7-14(13)20(21,22)23/h4-7,17H,3,8-12H2,1-2H3,(H,24,28)/t17-/m1/s1. The highest BCUT2D eigenvalue weighted by atomic mass is 19.4. The Hall–Kier alpha value is -2.59. The lowest BCUT2D eigenvalue weighted by molar-refractivity contribution is -0.141. The van der Waals surface area contributed by atoms with Crippen LogP contribution in [0.25, 0.3) is 0 Å². The van der Waals surface area contributed by atoms with Gasteiger partial charge in [0.05, 0.1) is 37.0 Å². The van der Waals surface area contributed by atoms with Gasteiger partial charge in [-0.1, -0.05) is 18.2 Å². The summed E-state index contributed by atoms with van der Waals surface area (Å²) in [6.07, 6.45) is -4.64. The molecule has 1 atom stereocenters. The van der Waals surface area contributed by atoms with E-state index >= 15 is 0 Å². The van der Waals surface area contributed by atoms with Crippen molar-refractivity contribution in [3.05, 3.63) is 46.7 Å². The third-order valence-electron chi connectivity index (χ3n) is 5.13. The number of nitrogens with zero attached hydrogens (tertiary/aromatic N) is 2. The van der Waals surface area contributed by atoms with Crippen LogP contribution in [0.4, 0.5) is 18.0 Å². The lowest BCUT2D eigenvalue weighted by Gasteiger charge is -2.38. The Balaban J connectivity index is 2.13. The van der Waals surface area contributed by atoms with Gasteiger partial charge in [0.2, 0.25) is 0 Å². The Kier molecular flexibility index (Phi) is 6.67. The van der Waals surface area contributed by atoms with Crippen molar-refractivity contribution >= 4 is 12.0 Å². The largest absolute Gasteiger partial charge is 0.463 e. The molecule has 1 aromatic rings. The number of hydrogen-bond acceptors (Lipinski definition) is 5. The number of carbonyl (C=O) groups is 2. The molecule has 164 valence electrons. The molecule has 0 spiro atoms. The van der Waals surface area contributed by atoms with E-state index in [2.05, 4.69) is 5.32 Å². The van der Waals surface area contributed by atoms with E-state index in [1.807, 2.05) is 4.90 Å². The number of alkyl halides is 3. The molecule has 0 radical (unpaired) electrons. The third kappa shape index (κ3) is 4.59. The molecule has 7 nitrogen and oxygen atoms in total. The van der Waals surface area contributed by atoms with Crippen molar-refractivity contribution in [2.75, 3.05) is 46.5 Å². The monoisotopic (exact) mass is 427 g/mol. The number of halogens is 3. The van der Waals surface area contributed by atoms with Crippen LogP contribution < -0.4 is 5.32 Å². The highest BCUT2D eigenvalue weighted by Gasteiger charge is 2.42.